The summed E-state index contributed by atoms with van der Waals surface area (Å²) in [7, 11) is 0. The van der Waals surface area contributed by atoms with Crippen LogP contribution in [0.5, 0.6) is 0 Å². The Hall–Kier alpha value is -1.96. The van der Waals surface area contributed by atoms with E-state index >= 15 is 0 Å². The van der Waals surface area contributed by atoms with Crippen LogP contribution in [-0.4, -0.2) is 10.8 Å². The van der Waals surface area contributed by atoms with Crippen molar-refractivity contribution in [3.63, 3.8) is 0 Å². The summed E-state index contributed by atoms with van der Waals surface area (Å²) in [4.78, 5) is 16.3. The van der Waals surface area contributed by atoms with E-state index in [-0.39, 0.29) is 11.7 Å². The predicted octanol–water partition coefficient (Wildman–Crippen LogP) is 3.19. The van der Waals surface area contributed by atoms with Crippen molar-refractivity contribution in [2.24, 2.45) is 0 Å². The Kier molecular flexibility index (Phi) is 2.48. The summed E-state index contributed by atoms with van der Waals surface area (Å²) in [5.74, 6) is 0.526. The van der Waals surface area contributed by atoms with Crippen LogP contribution < -0.4 is 0 Å². The van der Waals surface area contributed by atoms with Gasteiger partial charge in [-0.25, -0.2) is 0 Å². The normalized spacial score (nSPS) is 18.8. The summed E-state index contributed by atoms with van der Waals surface area (Å²) in [6.45, 7) is 0. The highest BCUT2D eigenvalue weighted by molar-refractivity contribution is 5.98. The van der Waals surface area contributed by atoms with E-state index in [1.54, 1.807) is 0 Å². The van der Waals surface area contributed by atoms with E-state index in [1.807, 2.05) is 48.7 Å². The highest BCUT2D eigenvalue weighted by atomic mass is 16.1. The second kappa shape index (κ2) is 4.13. The average molecular weight is 223 g/mol. The molecule has 1 aromatic carbocycles. The van der Waals surface area contributed by atoms with Crippen molar-refractivity contribution in [1.29, 1.82) is 0 Å². The molecule has 0 spiro atoms. The quantitative estimate of drug-likeness (QED) is 0.743. The lowest BCUT2D eigenvalue weighted by atomic mass is 9.80. The lowest BCUT2D eigenvalue weighted by Gasteiger charge is -2.23. The fourth-order valence-electron chi connectivity index (χ4n) is 2.51. The molecule has 17 heavy (non-hydrogen) atoms. The van der Waals surface area contributed by atoms with Gasteiger partial charge in [-0.3, -0.25) is 9.78 Å². The van der Waals surface area contributed by atoms with Gasteiger partial charge in [0.2, 0.25) is 0 Å². The van der Waals surface area contributed by atoms with Gasteiger partial charge < -0.3 is 0 Å². The van der Waals surface area contributed by atoms with E-state index in [4.69, 9.17) is 0 Å². The lowest BCUT2D eigenvalue weighted by molar-refractivity contribution is 0.0969. The number of aromatic nitrogens is 1. The first-order chi connectivity index (χ1) is 8.36. The molecule has 0 N–H and O–H groups in total. The molecule has 0 amide bonds. The SMILES string of the molecule is O=C1CC[C@@H](c2ccccn2)c2ccccc21. The number of carbonyl (C=O) groups excluding carboxylic acids is 1. The standard InChI is InChI=1S/C15H13NO/c17-15-9-8-12(14-7-3-4-10-16-14)11-5-1-2-6-13(11)15/h1-7,10,12H,8-9H2/t12-/m1/s1. The molecule has 2 nitrogen and oxygen atoms in total. The molecule has 2 aromatic rings. The van der Waals surface area contributed by atoms with Crippen molar-refractivity contribution in [3.05, 3.63) is 65.5 Å². The molecule has 3 rings (SSSR count). The monoisotopic (exact) mass is 223 g/mol. The predicted molar refractivity (Wildman–Crippen MR) is 66.1 cm³/mol. The highest BCUT2D eigenvalue weighted by Crippen LogP contribution is 2.35. The maximum Gasteiger partial charge on any atom is 0.163 e. The second-order valence-electron chi connectivity index (χ2n) is 4.36. The number of hydrogen-bond donors (Lipinski definition) is 0. The molecule has 0 aliphatic heterocycles. The third-order valence-electron chi connectivity index (χ3n) is 3.34. The molecule has 1 atom stereocenters. The van der Waals surface area contributed by atoms with Gasteiger partial charge in [0.15, 0.2) is 5.78 Å². The minimum absolute atomic E-state index is 0.257. The van der Waals surface area contributed by atoms with Crippen molar-refractivity contribution in [2.45, 2.75) is 18.8 Å². The first-order valence-electron chi connectivity index (χ1n) is 5.89. The fourth-order valence-corrected chi connectivity index (χ4v) is 2.51. The van der Waals surface area contributed by atoms with Gasteiger partial charge in [0.25, 0.3) is 0 Å². The van der Waals surface area contributed by atoms with Crippen LogP contribution in [0.4, 0.5) is 0 Å². The average Bonchev–Trinajstić information content (AvgIpc) is 2.41. The van der Waals surface area contributed by atoms with Crippen molar-refractivity contribution < 1.29 is 4.79 Å². The summed E-state index contributed by atoms with van der Waals surface area (Å²) >= 11 is 0. The molecular formula is C15H13NO. The van der Waals surface area contributed by atoms with E-state index in [1.165, 1.54) is 0 Å². The van der Waals surface area contributed by atoms with E-state index in [9.17, 15) is 4.79 Å². The molecule has 1 aromatic heterocycles. The summed E-state index contributed by atoms with van der Waals surface area (Å²) in [6, 6.07) is 13.9. The highest BCUT2D eigenvalue weighted by Gasteiger charge is 2.26. The third kappa shape index (κ3) is 1.76. The first-order valence-corrected chi connectivity index (χ1v) is 5.89. The first kappa shape index (κ1) is 10.2. The van der Waals surface area contributed by atoms with Crippen LogP contribution in [0.3, 0.4) is 0 Å². The maximum absolute atomic E-state index is 11.8. The Labute approximate surface area is 100 Å². The van der Waals surface area contributed by atoms with Crippen molar-refractivity contribution in [2.75, 3.05) is 0 Å². The van der Waals surface area contributed by atoms with Crippen molar-refractivity contribution >= 4 is 5.78 Å². The minimum atomic E-state index is 0.257. The van der Waals surface area contributed by atoms with Gasteiger partial charge in [-0.2, -0.15) is 0 Å². The van der Waals surface area contributed by atoms with E-state index in [2.05, 4.69) is 4.98 Å². The largest absolute Gasteiger partial charge is 0.294 e. The van der Waals surface area contributed by atoms with Crippen LogP contribution in [0.2, 0.25) is 0 Å². The van der Waals surface area contributed by atoms with Gasteiger partial charge in [0.05, 0.1) is 0 Å². The van der Waals surface area contributed by atoms with E-state index < -0.39 is 0 Å². The zero-order valence-electron chi connectivity index (χ0n) is 9.47. The third-order valence-corrected chi connectivity index (χ3v) is 3.34. The molecule has 0 saturated heterocycles. The maximum atomic E-state index is 11.8. The molecule has 84 valence electrons. The molecule has 1 aliphatic carbocycles. The molecule has 1 heterocycles. The molecule has 0 unspecified atom stereocenters. The topological polar surface area (TPSA) is 30.0 Å². The fraction of sp³-hybridized carbons (Fsp3) is 0.200. The Morgan fingerprint density at radius 3 is 2.71 bits per heavy atom. The van der Waals surface area contributed by atoms with Gasteiger partial charge in [-0.15, -0.1) is 0 Å². The number of hydrogen-bond acceptors (Lipinski definition) is 2. The van der Waals surface area contributed by atoms with E-state index in [0.29, 0.717) is 6.42 Å². The molecule has 0 bridgehead atoms. The second-order valence-corrected chi connectivity index (χ2v) is 4.36. The Bertz CT molecular complexity index is 548. The van der Waals surface area contributed by atoms with Crippen LogP contribution >= 0.6 is 0 Å². The number of benzene rings is 1. The smallest absolute Gasteiger partial charge is 0.163 e. The van der Waals surface area contributed by atoms with Crippen LogP contribution in [-0.2, 0) is 0 Å². The van der Waals surface area contributed by atoms with Crippen LogP contribution in [0.1, 0.15) is 40.4 Å². The summed E-state index contributed by atoms with van der Waals surface area (Å²) in [5.41, 5.74) is 3.06. The zero-order chi connectivity index (χ0) is 11.7. The summed E-state index contributed by atoms with van der Waals surface area (Å²) in [5, 5.41) is 0. The Balaban J connectivity index is 2.10. The minimum Gasteiger partial charge on any atom is -0.294 e. The van der Waals surface area contributed by atoms with Gasteiger partial charge in [-0.05, 0) is 24.1 Å². The van der Waals surface area contributed by atoms with Gasteiger partial charge in [-0.1, -0.05) is 30.3 Å². The number of ketones is 1. The molecule has 0 saturated carbocycles. The number of pyridine rings is 1. The number of rotatable bonds is 1. The van der Waals surface area contributed by atoms with Crippen molar-refractivity contribution in [3.8, 4) is 0 Å². The lowest BCUT2D eigenvalue weighted by Crippen LogP contribution is -2.17. The van der Waals surface area contributed by atoms with Gasteiger partial charge in [0, 0.05) is 29.8 Å². The summed E-state index contributed by atoms with van der Waals surface area (Å²) in [6.07, 6.45) is 3.31. The zero-order valence-corrected chi connectivity index (χ0v) is 9.47. The van der Waals surface area contributed by atoms with Crippen molar-refractivity contribution in [1.82, 2.24) is 4.98 Å². The van der Waals surface area contributed by atoms with Crippen LogP contribution in [0.15, 0.2) is 48.7 Å². The molecule has 0 radical (unpaired) electrons. The Morgan fingerprint density at radius 2 is 1.88 bits per heavy atom. The van der Waals surface area contributed by atoms with Gasteiger partial charge >= 0.3 is 0 Å². The number of fused-ring (bicyclic) bond motifs is 1. The molecule has 1 aliphatic rings. The number of Topliss-reactive ketones (excluding diaryl/α,β-unsaturated/α-hetero) is 1. The van der Waals surface area contributed by atoms with Crippen LogP contribution in [0, 0.1) is 0 Å². The Morgan fingerprint density at radius 1 is 1.06 bits per heavy atom. The number of nitrogens with zero attached hydrogens (tertiary/aromatic N) is 1. The van der Waals surface area contributed by atoms with Crippen LogP contribution in [0.25, 0.3) is 0 Å². The number of carbonyl (C=O) groups is 1. The summed E-state index contributed by atoms with van der Waals surface area (Å²) < 4.78 is 0. The van der Waals surface area contributed by atoms with E-state index in [0.717, 1.165) is 23.2 Å². The molecule has 0 fully saturated rings. The van der Waals surface area contributed by atoms with Gasteiger partial charge in [0.1, 0.15) is 0 Å². The molecule has 2 heteroatoms. The molecular weight excluding hydrogens is 210 g/mol.